The van der Waals surface area contributed by atoms with Crippen LogP contribution in [0, 0.1) is 0 Å². The first-order valence-electron chi connectivity index (χ1n) is 6.97. The maximum atomic E-state index is 5.44. The van der Waals surface area contributed by atoms with Gasteiger partial charge < -0.3 is 10.1 Å². The van der Waals surface area contributed by atoms with Crippen LogP contribution in [0.2, 0.25) is 0 Å². The van der Waals surface area contributed by atoms with E-state index in [1.54, 1.807) is 7.11 Å². The smallest absolute Gasteiger partial charge is 0.141 e. The van der Waals surface area contributed by atoms with E-state index in [0.29, 0.717) is 0 Å². The lowest BCUT2D eigenvalue weighted by Crippen LogP contribution is -2.12. The van der Waals surface area contributed by atoms with Crippen molar-refractivity contribution in [3.8, 4) is 5.75 Å². The maximum absolute atomic E-state index is 5.44. The Labute approximate surface area is 121 Å². The van der Waals surface area contributed by atoms with Gasteiger partial charge in [-0.1, -0.05) is 57.2 Å². The molecule has 0 heterocycles. The Morgan fingerprint density at radius 3 is 2.30 bits per heavy atom. The first-order valence-corrected chi connectivity index (χ1v) is 6.97. The van der Waals surface area contributed by atoms with E-state index in [-0.39, 0.29) is 5.41 Å². The van der Waals surface area contributed by atoms with Crippen LogP contribution in [-0.4, -0.2) is 7.11 Å². The summed E-state index contributed by atoms with van der Waals surface area (Å²) in [5, 5.41) is 3.47. The molecule has 0 spiro atoms. The second-order valence-corrected chi connectivity index (χ2v) is 6.00. The van der Waals surface area contributed by atoms with Gasteiger partial charge in [0.05, 0.1) is 12.8 Å². The topological polar surface area (TPSA) is 21.3 Å². The summed E-state index contributed by atoms with van der Waals surface area (Å²) >= 11 is 0. The van der Waals surface area contributed by atoms with Gasteiger partial charge in [0.1, 0.15) is 5.75 Å². The molecule has 0 radical (unpaired) electrons. The second kappa shape index (κ2) is 6.00. The minimum absolute atomic E-state index is 0.134. The molecule has 1 N–H and O–H groups in total. The van der Waals surface area contributed by atoms with Crippen molar-refractivity contribution in [2.75, 3.05) is 12.4 Å². The monoisotopic (exact) mass is 269 g/mol. The van der Waals surface area contributed by atoms with Crippen LogP contribution < -0.4 is 10.1 Å². The predicted molar refractivity (Wildman–Crippen MR) is 85.5 cm³/mol. The molecule has 2 aromatic rings. The van der Waals surface area contributed by atoms with Crippen LogP contribution in [-0.2, 0) is 12.0 Å². The van der Waals surface area contributed by atoms with Crippen molar-refractivity contribution >= 4 is 5.69 Å². The molecule has 2 aromatic carbocycles. The molecule has 0 amide bonds. The lowest BCUT2D eigenvalue weighted by Gasteiger charge is -2.21. The minimum Gasteiger partial charge on any atom is -0.495 e. The van der Waals surface area contributed by atoms with Crippen LogP contribution >= 0.6 is 0 Å². The molecule has 0 unspecified atom stereocenters. The van der Waals surface area contributed by atoms with Gasteiger partial charge in [0.25, 0.3) is 0 Å². The van der Waals surface area contributed by atoms with Crippen molar-refractivity contribution in [1.29, 1.82) is 0 Å². The zero-order valence-corrected chi connectivity index (χ0v) is 12.7. The maximum Gasteiger partial charge on any atom is 0.141 e. The lowest BCUT2D eigenvalue weighted by atomic mass is 9.87. The quantitative estimate of drug-likeness (QED) is 0.875. The number of ether oxygens (including phenoxy) is 1. The first kappa shape index (κ1) is 14.4. The van der Waals surface area contributed by atoms with Crippen LogP contribution in [0.5, 0.6) is 5.75 Å². The van der Waals surface area contributed by atoms with Crippen molar-refractivity contribution in [2.24, 2.45) is 0 Å². The average Bonchev–Trinajstić information content (AvgIpc) is 2.45. The SMILES string of the molecule is COc1ccc(C(C)(C)C)cc1NCc1ccccc1. The molecule has 2 rings (SSSR count). The summed E-state index contributed by atoms with van der Waals surface area (Å²) in [5.41, 5.74) is 3.74. The van der Waals surface area contributed by atoms with Crippen molar-refractivity contribution in [2.45, 2.75) is 32.7 Å². The molecule has 0 aromatic heterocycles. The number of hydrogen-bond donors (Lipinski definition) is 1. The zero-order chi connectivity index (χ0) is 14.6. The van der Waals surface area contributed by atoms with Crippen LogP contribution in [0.15, 0.2) is 48.5 Å². The highest BCUT2D eigenvalue weighted by molar-refractivity contribution is 5.59. The number of rotatable bonds is 4. The fraction of sp³-hybridized carbons (Fsp3) is 0.333. The number of anilines is 1. The number of benzene rings is 2. The normalized spacial score (nSPS) is 11.2. The number of hydrogen-bond acceptors (Lipinski definition) is 2. The van der Waals surface area contributed by atoms with E-state index in [2.05, 4.69) is 62.5 Å². The molecule has 20 heavy (non-hydrogen) atoms. The molecular weight excluding hydrogens is 246 g/mol. The molecule has 0 aliphatic rings. The Kier molecular flexibility index (Phi) is 4.33. The molecule has 0 atom stereocenters. The predicted octanol–water partition coefficient (Wildman–Crippen LogP) is 4.60. The molecule has 0 saturated heterocycles. The molecule has 2 nitrogen and oxygen atoms in total. The highest BCUT2D eigenvalue weighted by Crippen LogP contribution is 2.31. The Morgan fingerprint density at radius 1 is 1.00 bits per heavy atom. The summed E-state index contributed by atoms with van der Waals surface area (Å²) < 4.78 is 5.44. The van der Waals surface area contributed by atoms with Crippen molar-refractivity contribution < 1.29 is 4.74 Å². The van der Waals surface area contributed by atoms with Crippen molar-refractivity contribution in [1.82, 2.24) is 0 Å². The Bertz CT molecular complexity index is 555. The van der Waals surface area contributed by atoms with E-state index in [1.807, 2.05) is 12.1 Å². The molecule has 0 saturated carbocycles. The number of nitrogens with one attached hydrogen (secondary N) is 1. The van der Waals surface area contributed by atoms with E-state index in [9.17, 15) is 0 Å². The Morgan fingerprint density at radius 2 is 1.70 bits per heavy atom. The lowest BCUT2D eigenvalue weighted by molar-refractivity contribution is 0.416. The highest BCUT2D eigenvalue weighted by atomic mass is 16.5. The van der Waals surface area contributed by atoms with Crippen molar-refractivity contribution in [3.05, 3.63) is 59.7 Å². The summed E-state index contributed by atoms with van der Waals surface area (Å²) in [4.78, 5) is 0. The molecule has 0 aliphatic carbocycles. The average molecular weight is 269 g/mol. The first-order chi connectivity index (χ1) is 9.50. The third kappa shape index (κ3) is 3.53. The molecule has 0 aliphatic heterocycles. The van der Waals surface area contributed by atoms with Gasteiger partial charge in [-0.05, 0) is 28.7 Å². The molecule has 0 fully saturated rings. The van der Waals surface area contributed by atoms with Crippen LogP contribution in [0.25, 0.3) is 0 Å². The number of methoxy groups -OCH3 is 1. The summed E-state index contributed by atoms with van der Waals surface area (Å²) in [6.45, 7) is 7.45. The third-order valence-corrected chi connectivity index (χ3v) is 3.39. The summed E-state index contributed by atoms with van der Waals surface area (Å²) in [7, 11) is 1.71. The summed E-state index contributed by atoms with van der Waals surface area (Å²) in [5.74, 6) is 0.883. The summed E-state index contributed by atoms with van der Waals surface area (Å²) in [6, 6.07) is 16.7. The fourth-order valence-electron chi connectivity index (χ4n) is 2.11. The van der Waals surface area contributed by atoms with Gasteiger partial charge in [-0.3, -0.25) is 0 Å². The van der Waals surface area contributed by atoms with E-state index < -0.39 is 0 Å². The van der Waals surface area contributed by atoms with E-state index in [4.69, 9.17) is 4.74 Å². The zero-order valence-electron chi connectivity index (χ0n) is 12.7. The fourth-order valence-corrected chi connectivity index (χ4v) is 2.11. The van der Waals surface area contributed by atoms with Gasteiger partial charge in [-0.15, -0.1) is 0 Å². The van der Waals surface area contributed by atoms with Gasteiger partial charge in [-0.25, -0.2) is 0 Å². The molecule has 2 heteroatoms. The largest absolute Gasteiger partial charge is 0.495 e. The van der Waals surface area contributed by atoms with Gasteiger partial charge in [0.2, 0.25) is 0 Å². The minimum atomic E-state index is 0.134. The second-order valence-electron chi connectivity index (χ2n) is 6.00. The summed E-state index contributed by atoms with van der Waals surface area (Å²) in [6.07, 6.45) is 0. The van der Waals surface area contributed by atoms with E-state index in [0.717, 1.165) is 18.0 Å². The van der Waals surface area contributed by atoms with Gasteiger partial charge in [0.15, 0.2) is 0 Å². The van der Waals surface area contributed by atoms with Crippen LogP contribution in [0.4, 0.5) is 5.69 Å². The Balaban J connectivity index is 2.21. The van der Waals surface area contributed by atoms with Crippen LogP contribution in [0.3, 0.4) is 0 Å². The Hall–Kier alpha value is -1.96. The van der Waals surface area contributed by atoms with Gasteiger partial charge >= 0.3 is 0 Å². The van der Waals surface area contributed by atoms with Gasteiger partial charge in [-0.2, -0.15) is 0 Å². The van der Waals surface area contributed by atoms with Crippen molar-refractivity contribution in [3.63, 3.8) is 0 Å². The third-order valence-electron chi connectivity index (χ3n) is 3.39. The van der Waals surface area contributed by atoms with Gasteiger partial charge in [0, 0.05) is 6.54 Å². The van der Waals surface area contributed by atoms with E-state index >= 15 is 0 Å². The van der Waals surface area contributed by atoms with Crippen LogP contribution in [0.1, 0.15) is 31.9 Å². The molecule has 0 bridgehead atoms. The molecular formula is C18H23NO. The molecule has 106 valence electrons. The van der Waals surface area contributed by atoms with E-state index in [1.165, 1.54) is 11.1 Å². The standard InChI is InChI=1S/C18H23NO/c1-18(2,3)15-10-11-17(20-4)16(12-15)19-13-14-8-6-5-7-9-14/h5-12,19H,13H2,1-4H3. The highest BCUT2D eigenvalue weighted by Gasteiger charge is 2.15.